The maximum Gasteiger partial charge on any atom is 0.238 e. The fourth-order valence-electron chi connectivity index (χ4n) is 2.05. The molecule has 0 fully saturated rings. The van der Waals surface area contributed by atoms with E-state index in [2.05, 4.69) is 41.5 Å². The predicted molar refractivity (Wildman–Crippen MR) is 68.4 cm³/mol. The normalized spacial score (nSPS) is 10.1. The molecule has 18 heavy (non-hydrogen) atoms. The molecule has 0 aliphatic carbocycles. The lowest BCUT2D eigenvalue weighted by molar-refractivity contribution is -0.704. The van der Waals surface area contributed by atoms with Gasteiger partial charge in [0.1, 0.15) is 5.69 Å². The quantitative estimate of drug-likeness (QED) is 0.437. The van der Waals surface area contributed by atoms with Crippen molar-refractivity contribution in [3.8, 4) is 11.3 Å². The largest absolute Gasteiger partial charge is 1.00 e. The van der Waals surface area contributed by atoms with E-state index in [1.807, 2.05) is 36.0 Å². The lowest BCUT2D eigenvalue weighted by Crippen LogP contribution is -3.00. The summed E-state index contributed by atoms with van der Waals surface area (Å²) in [5, 5.41) is 5.80. The number of aryl methyl sites for hydroxylation is 1. The van der Waals surface area contributed by atoms with Crippen LogP contribution in [0.1, 0.15) is 0 Å². The van der Waals surface area contributed by atoms with E-state index >= 15 is 0 Å². The Labute approximate surface area is 123 Å². The fraction of sp³-hybridized carbons (Fsp3) is 0.0667. The summed E-state index contributed by atoms with van der Waals surface area (Å²) in [4.78, 5) is 0. The summed E-state index contributed by atoms with van der Waals surface area (Å²) >= 11 is 0. The molecule has 1 heterocycles. The van der Waals surface area contributed by atoms with Gasteiger partial charge in [-0.05, 0) is 12.1 Å². The minimum atomic E-state index is 0. The molecule has 0 N–H and O–H groups in total. The van der Waals surface area contributed by atoms with Gasteiger partial charge in [0.15, 0.2) is 7.05 Å². The van der Waals surface area contributed by atoms with Crippen molar-refractivity contribution < 1.29 is 28.7 Å². The van der Waals surface area contributed by atoms with E-state index in [9.17, 15) is 0 Å². The van der Waals surface area contributed by atoms with Gasteiger partial charge in [0.25, 0.3) is 0 Å². The number of aromatic nitrogens is 2. The molecule has 0 atom stereocenters. The Morgan fingerprint density at radius 1 is 0.889 bits per heavy atom. The van der Waals surface area contributed by atoms with Gasteiger partial charge in [-0.1, -0.05) is 47.1 Å². The molecule has 0 unspecified atom stereocenters. The lowest BCUT2D eigenvalue weighted by atomic mass is 10.1. The summed E-state index contributed by atoms with van der Waals surface area (Å²) < 4.78 is 1.93. The predicted octanol–water partition coefficient (Wildman–Crippen LogP) is -0.270. The molecule has 0 radical (unpaired) electrons. The van der Waals surface area contributed by atoms with Crippen LogP contribution in [0.3, 0.4) is 0 Å². The van der Waals surface area contributed by atoms with Crippen LogP contribution in [0, 0.1) is 0 Å². The van der Waals surface area contributed by atoms with Crippen molar-refractivity contribution in [2.24, 2.45) is 7.05 Å². The molecule has 0 saturated carbocycles. The molecule has 2 aromatic carbocycles. The topological polar surface area (TPSA) is 16.8 Å². The van der Waals surface area contributed by atoms with Gasteiger partial charge >= 0.3 is 0 Å². The number of para-hydroxylation sites is 1. The molecule has 3 heteroatoms. The molecule has 0 aliphatic heterocycles. The summed E-state index contributed by atoms with van der Waals surface area (Å²) in [5.74, 6) is 0. The number of halogens is 1. The van der Waals surface area contributed by atoms with Crippen molar-refractivity contribution in [1.82, 2.24) is 5.10 Å². The molecule has 1 aromatic heterocycles. The SMILES string of the molecule is C[n+]1nc(-c2ccccc2)cc2ccccc21.[I-]. The molecule has 0 aliphatic rings. The minimum Gasteiger partial charge on any atom is -1.00 e. The second-order valence-electron chi connectivity index (χ2n) is 4.08. The summed E-state index contributed by atoms with van der Waals surface area (Å²) in [6, 6.07) is 20.7. The Hall–Kier alpha value is -1.49. The smallest absolute Gasteiger partial charge is 0.238 e. The van der Waals surface area contributed by atoms with Crippen molar-refractivity contribution in [2.75, 3.05) is 0 Å². The number of hydrogen-bond acceptors (Lipinski definition) is 1. The average molecular weight is 348 g/mol. The number of fused-ring (bicyclic) bond motifs is 1. The zero-order valence-corrected chi connectivity index (χ0v) is 12.2. The minimum absolute atomic E-state index is 0. The first-order valence-electron chi connectivity index (χ1n) is 5.66. The first kappa shape index (κ1) is 13.0. The molecule has 3 rings (SSSR count). The van der Waals surface area contributed by atoms with E-state index in [1.54, 1.807) is 0 Å². The Morgan fingerprint density at radius 2 is 1.56 bits per heavy atom. The Bertz CT molecular complexity index is 666. The van der Waals surface area contributed by atoms with Gasteiger partial charge < -0.3 is 24.0 Å². The van der Waals surface area contributed by atoms with E-state index in [0.29, 0.717) is 0 Å². The monoisotopic (exact) mass is 348 g/mol. The van der Waals surface area contributed by atoms with Crippen LogP contribution in [0.2, 0.25) is 0 Å². The first-order chi connectivity index (χ1) is 8.34. The third-order valence-electron chi connectivity index (χ3n) is 2.90. The summed E-state index contributed by atoms with van der Waals surface area (Å²) in [6.45, 7) is 0. The number of nitrogens with zero attached hydrogens (tertiary/aromatic N) is 2. The van der Waals surface area contributed by atoms with Crippen LogP contribution in [-0.2, 0) is 7.05 Å². The highest BCUT2D eigenvalue weighted by Gasteiger charge is 2.09. The molecule has 3 aromatic rings. The van der Waals surface area contributed by atoms with Crippen LogP contribution in [0.4, 0.5) is 0 Å². The maximum absolute atomic E-state index is 4.59. The van der Waals surface area contributed by atoms with Gasteiger partial charge in [-0.3, -0.25) is 0 Å². The van der Waals surface area contributed by atoms with E-state index < -0.39 is 0 Å². The number of rotatable bonds is 1. The lowest BCUT2D eigenvalue weighted by Gasteiger charge is -2.00. The van der Waals surface area contributed by atoms with E-state index in [-0.39, 0.29) is 24.0 Å². The van der Waals surface area contributed by atoms with Crippen LogP contribution < -0.4 is 28.7 Å². The molecular weight excluding hydrogens is 335 g/mol. The Balaban J connectivity index is 0.00000120. The summed E-state index contributed by atoms with van der Waals surface area (Å²) in [6.07, 6.45) is 0. The van der Waals surface area contributed by atoms with Crippen molar-refractivity contribution in [1.29, 1.82) is 0 Å². The highest BCUT2D eigenvalue weighted by Crippen LogP contribution is 2.18. The van der Waals surface area contributed by atoms with Crippen molar-refractivity contribution in [3.63, 3.8) is 0 Å². The van der Waals surface area contributed by atoms with Crippen LogP contribution in [-0.4, -0.2) is 5.10 Å². The van der Waals surface area contributed by atoms with Crippen LogP contribution in [0.25, 0.3) is 22.2 Å². The van der Waals surface area contributed by atoms with Crippen LogP contribution in [0.5, 0.6) is 0 Å². The fourth-order valence-corrected chi connectivity index (χ4v) is 2.05. The Morgan fingerprint density at radius 3 is 2.33 bits per heavy atom. The summed E-state index contributed by atoms with van der Waals surface area (Å²) in [5.41, 5.74) is 3.30. The average Bonchev–Trinajstić information content (AvgIpc) is 2.40. The van der Waals surface area contributed by atoms with Gasteiger partial charge in [-0.15, -0.1) is 0 Å². The zero-order valence-electron chi connectivity index (χ0n) is 10.0. The molecule has 0 saturated heterocycles. The molecule has 0 spiro atoms. The Kier molecular flexibility index (Phi) is 3.91. The van der Waals surface area contributed by atoms with Gasteiger partial charge in [0.2, 0.25) is 5.52 Å². The second-order valence-corrected chi connectivity index (χ2v) is 4.08. The van der Waals surface area contributed by atoms with Crippen LogP contribution >= 0.6 is 0 Å². The molecule has 2 nitrogen and oxygen atoms in total. The van der Waals surface area contributed by atoms with E-state index in [0.717, 1.165) is 16.8 Å². The van der Waals surface area contributed by atoms with Crippen molar-refractivity contribution in [2.45, 2.75) is 0 Å². The van der Waals surface area contributed by atoms with Gasteiger partial charge in [0, 0.05) is 16.7 Å². The molecule has 90 valence electrons. The first-order valence-corrected chi connectivity index (χ1v) is 5.66. The third-order valence-corrected chi connectivity index (χ3v) is 2.90. The summed E-state index contributed by atoms with van der Waals surface area (Å²) in [7, 11) is 1.98. The van der Waals surface area contributed by atoms with E-state index in [4.69, 9.17) is 0 Å². The van der Waals surface area contributed by atoms with Gasteiger partial charge in [-0.2, -0.15) is 0 Å². The second kappa shape index (κ2) is 5.44. The van der Waals surface area contributed by atoms with Crippen LogP contribution in [0.15, 0.2) is 60.7 Å². The molecule has 0 bridgehead atoms. The molecular formula is C15H13IN2. The maximum atomic E-state index is 4.59. The molecule has 0 amide bonds. The standard InChI is InChI=1S/C15H13N2.HI/c1-17-15-10-6-5-9-13(15)11-14(16-17)12-7-3-2-4-8-12;/h2-11H,1H3;1H/q+1;/p-1. The van der Waals surface area contributed by atoms with Gasteiger partial charge in [-0.25, -0.2) is 0 Å². The highest BCUT2D eigenvalue weighted by atomic mass is 127. The van der Waals surface area contributed by atoms with Gasteiger partial charge in [0.05, 0.1) is 5.39 Å². The van der Waals surface area contributed by atoms with Crippen molar-refractivity contribution >= 4 is 10.9 Å². The highest BCUT2D eigenvalue weighted by molar-refractivity contribution is 5.79. The zero-order chi connectivity index (χ0) is 11.7. The van der Waals surface area contributed by atoms with E-state index in [1.165, 1.54) is 5.39 Å². The van der Waals surface area contributed by atoms with Crippen molar-refractivity contribution in [3.05, 3.63) is 60.7 Å². The third kappa shape index (κ3) is 2.36. The number of benzene rings is 2. The number of hydrogen-bond donors (Lipinski definition) is 0.